The number of hydrogen-bond acceptors (Lipinski definition) is 6. The molecule has 0 aliphatic heterocycles. The van der Waals surface area contributed by atoms with Gasteiger partial charge in [-0.15, -0.1) is 0 Å². The number of esters is 1. The van der Waals surface area contributed by atoms with Crippen LogP contribution in [0.3, 0.4) is 0 Å². The van der Waals surface area contributed by atoms with Gasteiger partial charge in [-0.1, -0.05) is 0 Å². The van der Waals surface area contributed by atoms with Crippen molar-refractivity contribution in [2.45, 2.75) is 13.8 Å². The van der Waals surface area contributed by atoms with Crippen molar-refractivity contribution in [2.75, 3.05) is 20.8 Å². The summed E-state index contributed by atoms with van der Waals surface area (Å²) in [4.78, 5) is 12.0. The molecule has 0 amide bonds. The van der Waals surface area contributed by atoms with Gasteiger partial charge in [-0.05, 0) is 19.9 Å². The number of rotatable bonds is 4. The molecule has 0 aliphatic rings. The number of fused-ring (bicyclic) bond motifs is 2. The predicted octanol–water partition coefficient (Wildman–Crippen LogP) is 3.68. The standard InChI is InChI=1S/C16H16O6/c1-5-20-16(17)11-8(2)10-12(18-3)9-6-7-21-13(9)15(19-4)14(10)22-11/h6-7H,5H2,1-4H3. The molecule has 0 N–H and O–H groups in total. The molecular weight excluding hydrogens is 288 g/mol. The Labute approximate surface area is 126 Å². The van der Waals surface area contributed by atoms with Crippen molar-refractivity contribution in [1.29, 1.82) is 0 Å². The maximum atomic E-state index is 12.0. The molecule has 0 saturated carbocycles. The summed E-state index contributed by atoms with van der Waals surface area (Å²) in [5.41, 5.74) is 1.56. The van der Waals surface area contributed by atoms with E-state index in [1.807, 2.05) is 0 Å². The average Bonchev–Trinajstić information content (AvgIpc) is 3.11. The lowest BCUT2D eigenvalue weighted by Gasteiger charge is -2.07. The summed E-state index contributed by atoms with van der Waals surface area (Å²) in [5.74, 6) is 0.629. The second-order valence-electron chi connectivity index (χ2n) is 4.71. The van der Waals surface area contributed by atoms with E-state index in [1.165, 1.54) is 7.11 Å². The predicted molar refractivity (Wildman–Crippen MR) is 79.8 cm³/mol. The Morgan fingerprint density at radius 3 is 2.55 bits per heavy atom. The Balaban J connectivity index is 2.43. The van der Waals surface area contributed by atoms with Crippen molar-refractivity contribution < 1.29 is 27.8 Å². The number of furan rings is 2. The van der Waals surface area contributed by atoms with Gasteiger partial charge in [-0.2, -0.15) is 0 Å². The first-order chi connectivity index (χ1) is 10.6. The molecule has 22 heavy (non-hydrogen) atoms. The number of hydrogen-bond donors (Lipinski definition) is 0. The molecule has 3 aromatic rings. The highest BCUT2D eigenvalue weighted by Crippen LogP contribution is 2.46. The lowest BCUT2D eigenvalue weighted by molar-refractivity contribution is 0.0491. The van der Waals surface area contributed by atoms with E-state index in [2.05, 4.69) is 0 Å². The molecule has 0 bridgehead atoms. The molecule has 0 spiro atoms. The Hall–Kier alpha value is -2.63. The van der Waals surface area contributed by atoms with Gasteiger partial charge in [0.1, 0.15) is 5.75 Å². The lowest BCUT2D eigenvalue weighted by atomic mass is 10.1. The summed E-state index contributed by atoms with van der Waals surface area (Å²) in [6.45, 7) is 3.79. The monoisotopic (exact) mass is 304 g/mol. The van der Waals surface area contributed by atoms with Gasteiger partial charge in [0.25, 0.3) is 0 Å². The number of aryl methyl sites for hydroxylation is 1. The zero-order valence-corrected chi connectivity index (χ0v) is 12.8. The number of ether oxygens (including phenoxy) is 3. The summed E-state index contributed by atoms with van der Waals surface area (Å²) in [6.07, 6.45) is 1.55. The van der Waals surface area contributed by atoms with Crippen LogP contribution >= 0.6 is 0 Å². The first-order valence-electron chi connectivity index (χ1n) is 6.85. The Bertz CT molecular complexity index is 855. The third kappa shape index (κ3) is 1.83. The van der Waals surface area contributed by atoms with Crippen molar-refractivity contribution in [1.82, 2.24) is 0 Å². The third-order valence-corrected chi connectivity index (χ3v) is 3.57. The fraction of sp³-hybridized carbons (Fsp3) is 0.312. The topological polar surface area (TPSA) is 71.0 Å². The van der Waals surface area contributed by atoms with Crippen LogP contribution in [0.4, 0.5) is 0 Å². The van der Waals surface area contributed by atoms with Gasteiger partial charge >= 0.3 is 5.97 Å². The fourth-order valence-electron chi connectivity index (χ4n) is 2.64. The molecular formula is C16H16O6. The van der Waals surface area contributed by atoms with Crippen molar-refractivity contribution in [3.8, 4) is 11.5 Å². The number of carbonyl (C=O) groups excluding carboxylic acids is 1. The SMILES string of the molecule is CCOC(=O)c1oc2c(OC)c3occc3c(OC)c2c1C. The van der Waals surface area contributed by atoms with Crippen molar-refractivity contribution in [3.63, 3.8) is 0 Å². The van der Waals surface area contributed by atoms with Crippen LogP contribution in [0.2, 0.25) is 0 Å². The molecule has 0 unspecified atom stereocenters. The first kappa shape index (κ1) is 14.3. The number of carbonyl (C=O) groups is 1. The molecule has 0 fully saturated rings. The summed E-state index contributed by atoms with van der Waals surface area (Å²) >= 11 is 0. The van der Waals surface area contributed by atoms with E-state index < -0.39 is 5.97 Å². The molecule has 0 aliphatic carbocycles. The molecule has 0 saturated heterocycles. The second kappa shape index (κ2) is 5.29. The molecule has 6 heteroatoms. The highest BCUT2D eigenvalue weighted by molar-refractivity contribution is 6.10. The van der Waals surface area contributed by atoms with Crippen molar-refractivity contribution >= 4 is 27.9 Å². The summed E-state index contributed by atoms with van der Waals surface area (Å²) in [6, 6.07) is 1.78. The van der Waals surface area contributed by atoms with E-state index >= 15 is 0 Å². The zero-order chi connectivity index (χ0) is 15.9. The summed E-state index contributed by atoms with van der Waals surface area (Å²) < 4.78 is 27.1. The smallest absolute Gasteiger partial charge is 0.374 e. The minimum atomic E-state index is -0.517. The van der Waals surface area contributed by atoms with Gasteiger partial charge in [-0.25, -0.2) is 4.79 Å². The van der Waals surface area contributed by atoms with E-state index in [9.17, 15) is 4.79 Å². The van der Waals surface area contributed by atoms with E-state index in [0.717, 1.165) is 5.39 Å². The Kier molecular flexibility index (Phi) is 3.44. The molecule has 2 heterocycles. The summed E-state index contributed by atoms with van der Waals surface area (Å²) in [7, 11) is 3.08. The first-order valence-corrected chi connectivity index (χ1v) is 6.85. The maximum Gasteiger partial charge on any atom is 0.374 e. The highest BCUT2D eigenvalue weighted by Gasteiger charge is 2.27. The number of methoxy groups -OCH3 is 2. The van der Waals surface area contributed by atoms with Gasteiger partial charge in [0.15, 0.2) is 11.2 Å². The van der Waals surface area contributed by atoms with Crippen LogP contribution in [0.15, 0.2) is 21.2 Å². The van der Waals surface area contributed by atoms with Gasteiger partial charge < -0.3 is 23.0 Å². The van der Waals surface area contributed by atoms with Gasteiger partial charge in [-0.3, -0.25) is 0 Å². The minimum absolute atomic E-state index is 0.140. The van der Waals surface area contributed by atoms with E-state index in [0.29, 0.717) is 33.6 Å². The van der Waals surface area contributed by atoms with E-state index in [-0.39, 0.29) is 12.4 Å². The van der Waals surface area contributed by atoms with E-state index in [4.69, 9.17) is 23.0 Å². The van der Waals surface area contributed by atoms with Crippen LogP contribution in [0.25, 0.3) is 21.9 Å². The molecule has 6 nitrogen and oxygen atoms in total. The van der Waals surface area contributed by atoms with Gasteiger partial charge in [0.2, 0.25) is 11.5 Å². The van der Waals surface area contributed by atoms with Crippen LogP contribution in [0, 0.1) is 6.92 Å². The molecule has 0 atom stereocenters. The minimum Gasteiger partial charge on any atom is -0.495 e. The molecule has 1 aromatic carbocycles. The average molecular weight is 304 g/mol. The van der Waals surface area contributed by atoms with Crippen LogP contribution in [-0.4, -0.2) is 26.8 Å². The zero-order valence-electron chi connectivity index (χ0n) is 12.8. The van der Waals surface area contributed by atoms with Crippen molar-refractivity contribution in [2.24, 2.45) is 0 Å². The molecule has 3 rings (SSSR count). The van der Waals surface area contributed by atoms with Crippen LogP contribution in [0.5, 0.6) is 11.5 Å². The third-order valence-electron chi connectivity index (χ3n) is 3.57. The quantitative estimate of drug-likeness (QED) is 0.685. The Morgan fingerprint density at radius 1 is 1.18 bits per heavy atom. The summed E-state index contributed by atoms with van der Waals surface area (Å²) in [5, 5.41) is 1.43. The van der Waals surface area contributed by atoms with Crippen LogP contribution in [-0.2, 0) is 4.74 Å². The van der Waals surface area contributed by atoms with Gasteiger partial charge in [0, 0.05) is 5.56 Å². The molecule has 116 valence electrons. The largest absolute Gasteiger partial charge is 0.495 e. The fourth-order valence-corrected chi connectivity index (χ4v) is 2.64. The Morgan fingerprint density at radius 2 is 1.91 bits per heavy atom. The van der Waals surface area contributed by atoms with Crippen LogP contribution in [0.1, 0.15) is 23.0 Å². The van der Waals surface area contributed by atoms with Crippen molar-refractivity contribution in [3.05, 3.63) is 23.7 Å². The maximum absolute atomic E-state index is 12.0. The molecule has 2 aromatic heterocycles. The van der Waals surface area contributed by atoms with E-state index in [1.54, 1.807) is 33.3 Å². The second-order valence-corrected chi connectivity index (χ2v) is 4.71. The van der Waals surface area contributed by atoms with Crippen LogP contribution < -0.4 is 9.47 Å². The highest BCUT2D eigenvalue weighted by atomic mass is 16.5. The number of benzene rings is 1. The normalized spacial score (nSPS) is 11.1. The van der Waals surface area contributed by atoms with Gasteiger partial charge in [0.05, 0.1) is 37.9 Å². The molecule has 0 radical (unpaired) electrons. The lowest BCUT2D eigenvalue weighted by Crippen LogP contribution is -2.04.